The lowest BCUT2D eigenvalue weighted by Crippen LogP contribution is -2.39. The maximum Gasteiger partial charge on any atom is 0.164 e. The van der Waals surface area contributed by atoms with Crippen LogP contribution in [-0.2, 0) is 4.79 Å². The van der Waals surface area contributed by atoms with Gasteiger partial charge in [0.2, 0.25) is 0 Å². The zero-order valence-corrected chi connectivity index (χ0v) is 14.8. The number of piperidine rings is 1. The van der Waals surface area contributed by atoms with Gasteiger partial charge in [-0.2, -0.15) is 0 Å². The van der Waals surface area contributed by atoms with E-state index in [0.29, 0.717) is 17.5 Å². The van der Waals surface area contributed by atoms with E-state index in [-0.39, 0.29) is 5.78 Å². The summed E-state index contributed by atoms with van der Waals surface area (Å²) in [4.78, 5) is 14.9. The minimum atomic E-state index is 0.233. The molecule has 2 rings (SSSR count). The van der Waals surface area contributed by atoms with Crippen molar-refractivity contribution in [3.8, 4) is 0 Å². The molecule has 2 N–H and O–H groups in total. The highest BCUT2D eigenvalue weighted by Crippen LogP contribution is 2.48. The summed E-state index contributed by atoms with van der Waals surface area (Å²) in [6, 6.07) is 0. The molecule has 0 atom stereocenters. The number of hydrogen-bond donors (Lipinski definition) is 1. The van der Waals surface area contributed by atoms with Crippen LogP contribution in [0, 0.1) is 5.41 Å². The number of ketones is 1. The summed E-state index contributed by atoms with van der Waals surface area (Å²) in [5.74, 6) is 0.233. The van der Waals surface area contributed by atoms with E-state index in [0.717, 1.165) is 24.8 Å². The summed E-state index contributed by atoms with van der Waals surface area (Å²) in [6.07, 6.45) is 7.45. The van der Waals surface area contributed by atoms with Crippen molar-refractivity contribution in [3.63, 3.8) is 0 Å². The normalized spacial score (nSPS) is 23.6. The number of nitrogens with two attached hydrogens (primary N) is 1. The molecule has 124 valence electrons. The Kier molecular flexibility index (Phi) is 5.49. The fraction of sp³-hybridized carbons (Fsp3) is 0.737. The van der Waals surface area contributed by atoms with Crippen molar-refractivity contribution in [3.05, 3.63) is 22.4 Å². The standard InChI is InChI=1S/C19H32N2O/c1-5-6-17(22)18(15(3)20)16-7-8-19(13-14(16)2)9-11-21(4)12-10-19/h5-13,20H2,1-4H3/b18-15-. The van der Waals surface area contributed by atoms with Gasteiger partial charge in [0.05, 0.1) is 0 Å². The molecular formula is C19H32N2O. The van der Waals surface area contributed by atoms with Crippen LogP contribution in [0.25, 0.3) is 0 Å². The third-order valence-electron chi connectivity index (χ3n) is 5.56. The van der Waals surface area contributed by atoms with E-state index in [1.165, 1.54) is 43.5 Å². The third-order valence-corrected chi connectivity index (χ3v) is 5.56. The molecule has 22 heavy (non-hydrogen) atoms. The van der Waals surface area contributed by atoms with Crippen LogP contribution in [0.1, 0.15) is 65.7 Å². The van der Waals surface area contributed by atoms with Gasteiger partial charge in [-0.25, -0.2) is 0 Å². The topological polar surface area (TPSA) is 46.3 Å². The first kappa shape index (κ1) is 17.3. The largest absolute Gasteiger partial charge is 0.402 e. The molecule has 1 fully saturated rings. The molecule has 0 bridgehead atoms. The number of nitrogens with zero attached hydrogens (tertiary/aromatic N) is 1. The molecule has 3 nitrogen and oxygen atoms in total. The van der Waals surface area contributed by atoms with Gasteiger partial charge in [0.1, 0.15) is 0 Å². The zero-order valence-electron chi connectivity index (χ0n) is 14.8. The van der Waals surface area contributed by atoms with Crippen molar-refractivity contribution in [2.24, 2.45) is 11.1 Å². The molecule has 0 aromatic rings. The van der Waals surface area contributed by atoms with E-state index in [2.05, 4.69) is 25.8 Å². The van der Waals surface area contributed by atoms with Gasteiger partial charge in [-0.3, -0.25) is 4.79 Å². The minimum absolute atomic E-state index is 0.233. The van der Waals surface area contributed by atoms with E-state index >= 15 is 0 Å². The number of carbonyl (C=O) groups excluding carboxylic acids is 1. The molecule has 1 saturated heterocycles. The Morgan fingerprint density at radius 1 is 1.27 bits per heavy atom. The van der Waals surface area contributed by atoms with Crippen molar-refractivity contribution >= 4 is 5.78 Å². The van der Waals surface area contributed by atoms with Gasteiger partial charge in [0.25, 0.3) is 0 Å². The number of hydrogen-bond acceptors (Lipinski definition) is 3. The molecule has 0 aromatic heterocycles. The second kappa shape index (κ2) is 6.99. The van der Waals surface area contributed by atoms with E-state index in [1.807, 2.05) is 6.92 Å². The first-order chi connectivity index (χ1) is 10.4. The van der Waals surface area contributed by atoms with Gasteiger partial charge in [-0.1, -0.05) is 12.5 Å². The minimum Gasteiger partial charge on any atom is -0.402 e. The predicted octanol–water partition coefficient (Wildman–Crippen LogP) is 3.80. The van der Waals surface area contributed by atoms with Crippen molar-refractivity contribution in [1.82, 2.24) is 4.90 Å². The number of allylic oxidation sites excluding steroid dienone is 4. The van der Waals surface area contributed by atoms with E-state index in [9.17, 15) is 4.79 Å². The Balaban J connectivity index is 2.22. The Labute approximate surface area is 135 Å². The average molecular weight is 304 g/mol. The van der Waals surface area contributed by atoms with Crippen LogP contribution in [-0.4, -0.2) is 30.8 Å². The highest BCUT2D eigenvalue weighted by Gasteiger charge is 2.37. The van der Waals surface area contributed by atoms with Gasteiger partial charge in [0.15, 0.2) is 5.78 Å². The number of carbonyl (C=O) groups is 1. The molecule has 2 aliphatic rings. The van der Waals surface area contributed by atoms with Crippen LogP contribution in [0.5, 0.6) is 0 Å². The van der Waals surface area contributed by atoms with Crippen molar-refractivity contribution in [2.45, 2.75) is 65.7 Å². The highest BCUT2D eigenvalue weighted by atomic mass is 16.1. The SMILES string of the molecule is CCCC(=O)/C(C1=C(C)CC2(CC1)CCN(C)CC2)=C(/C)N. The van der Waals surface area contributed by atoms with Gasteiger partial charge < -0.3 is 10.6 Å². The summed E-state index contributed by atoms with van der Waals surface area (Å²) in [7, 11) is 2.21. The van der Waals surface area contributed by atoms with Crippen LogP contribution in [0.3, 0.4) is 0 Å². The molecule has 0 saturated carbocycles. The molecule has 1 aliphatic heterocycles. The third kappa shape index (κ3) is 3.62. The summed E-state index contributed by atoms with van der Waals surface area (Å²) in [5.41, 5.74) is 10.7. The number of rotatable bonds is 4. The van der Waals surface area contributed by atoms with Gasteiger partial charge in [-0.05, 0) is 83.5 Å². The lowest BCUT2D eigenvalue weighted by molar-refractivity contribution is -0.115. The first-order valence-electron chi connectivity index (χ1n) is 8.75. The van der Waals surface area contributed by atoms with Gasteiger partial charge in [0, 0.05) is 17.7 Å². The number of Topliss-reactive ketones (excluding diaryl/α,β-unsaturated/α-hetero) is 1. The lowest BCUT2D eigenvalue weighted by atomic mass is 9.65. The van der Waals surface area contributed by atoms with E-state index < -0.39 is 0 Å². The summed E-state index contributed by atoms with van der Waals surface area (Å²) in [5, 5.41) is 0. The molecule has 1 heterocycles. The van der Waals surface area contributed by atoms with Crippen LogP contribution in [0.2, 0.25) is 0 Å². The monoisotopic (exact) mass is 304 g/mol. The van der Waals surface area contributed by atoms with E-state index in [4.69, 9.17) is 5.73 Å². The molecule has 0 amide bonds. The second-order valence-electron chi connectivity index (χ2n) is 7.47. The quantitative estimate of drug-likeness (QED) is 0.804. The maximum absolute atomic E-state index is 12.5. The number of likely N-dealkylation sites (tertiary alicyclic amines) is 1. The fourth-order valence-corrected chi connectivity index (χ4v) is 4.20. The van der Waals surface area contributed by atoms with Gasteiger partial charge >= 0.3 is 0 Å². The predicted molar refractivity (Wildman–Crippen MR) is 92.5 cm³/mol. The Morgan fingerprint density at radius 3 is 2.41 bits per heavy atom. The molecule has 0 radical (unpaired) electrons. The molecular weight excluding hydrogens is 272 g/mol. The van der Waals surface area contributed by atoms with Crippen LogP contribution in [0.15, 0.2) is 22.4 Å². The van der Waals surface area contributed by atoms with Crippen molar-refractivity contribution < 1.29 is 4.79 Å². The molecule has 0 unspecified atom stereocenters. The smallest absolute Gasteiger partial charge is 0.164 e. The zero-order chi connectivity index (χ0) is 16.3. The summed E-state index contributed by atoms with van der Waals surface area (Å²) < 4.78 is 0. The molecule has 0 aromatic carbocycles. The molecule has 1 aliphatic carbocycles. The van der Waals surface area contributed by atoms with Crippen molar-refractivity contribution in [2.75, 3.05) is 20.1 Å². The Bertz CT molecular complexity index is 490. The molecule has 1 spiro atoms. The highest BCUT2D eigenvalue weighted by molar-refractivity contribution is 6.00. The van der Waals surface area contributed by atoms with E-state index in [1.54, 1.807) is 0 Å². The van der Waals surface area contributed by atoms with Crippen molar-refractivity contribution in [1.29, 1.82) is 0 Å². The van der Waals surface area contributed by atoms with Crippen LogP contribution < -0.4 is 5.73 Å². The van der Waals surface area contributed by atoms with Gasteiger partial charge in [-0.15, -0.1) is 0 Å². The fourth-order valence-electron chi connectivity index (χ4n) is 4.20. The average Bonchev–Trinajstić information content (AvgIpc) is 2.45. The van der Waals surface area contributed by atoms with Crippen LogP contribution in [0.4, 0.5) is 0 Å². The maximum atomic E-state index is 12.5. The van der Waals surface area contributed by atoms with Crippen LogP contribution >= 0.6 is 0 Å². The summed E-state index contributed by atoms with van der Waals surface area (Å²) >= 11 is 0. The summed E-state index contributed by atoms with van der Waals surface area (Å²) in [6.45, 7) is 8.56. The Morgan fingerprint density at radius 2 is 1.91 bits per heavy atom. The molecule has 3 heteroatoms. The lowest BCUT2D eigenvalue weighted by Gasteiger charge is -2.44. The first-order valence-corrected chi connectivity index (χ1v) is 8.75. The second-order valence-corrected chi connectivity index (χ2v) is 7.47. The Hall–Kier alpha value is -1.09.